The van der Waals surface area contributed by atoms with Crippen molar-refractivity contribution in [2.45, 2.75) is 18.8 Å². The maximum absolute atomic E-state index is 12.9. The lowest BCUT2D eigenvalue weighted by Crippen LogP contribution is -2.29. The molecule has 2 aromatic heterocycles. The van der Waals surface area contributed by atoms with Gasteiger partial charge in [-0.3, -0.25) is 14.2 Å². The molecule has 0 saturated carbocycles. The van der Waals surface area contributed by atoms with Crippen LogP contribution >= 0.6 is 0 Å². The van der Waals surface area contributed by atoms with Crippen LogP contribution in [0, 0.1) is 6.57 Å². The molecule has 9 heteroatoms. The number of aromatic hydroxyl groups is 1. The average Bonchev–Trinajstić information content (AvgIpc) is 3.36. The van der Waals surface area contributed by atoms with E-state index in [1.807, 2.05) is 49.4 Å². The van der Waals surface area contributed by atoms with E-state index < -0.39 is 28.8 Å². The number of anilines is 1. The Kier molecular flexibility index (Phi) is 6.23. The van der Waals surface area contributed by atoms with E-state index in [0.29, 0.717) is 5.69 Å². The lowest BCUT2D eigenvalue weighted by atomic mass is 9.80. The van der Waals surface area contributed by atoms with Gasteiger partial charge in [0.05, 0.1) is 12.8 Å². The highest BCUT2D eigenvalue weighted by Crippen LogP contribution is 2.41. The van der Waals surface area contributed by atoms with Crippen LogP contribution in [-0.2, 0) is 7.05 Å². The molecule has 34 heavy (non-hydrogen) atoms. The molecular formula is C25H21N5O4. The van der Waals surface area contributed by atoms with Crippen molar-refractivity contribution in [2.24, 2.45) is 7.05 Å². The normalized spacial score (nSPS) is 12.5. The molecule has 0 aliphatic rings. The summed E-state index contributed by atoms with van der Waals surface area (Å²) < 4.78 is 5.93. The van der Waals surface area contributed by atoms with Gasteiger partial charge >= 0.3 is 0 Å². The second-order valence-corrected chi connectivity index (χ2v) is 7.75. The summed E-state index contributed by atoms with van der Waals surface area (Å²) in [5.74, 6) is -2.03. The molecule has 0 aliphatic carbocycles. The maximum Gasteiger partial charge on any atom is 0.296 e. The highest BCUT2D eigenvalue weighted by Gasteiger charge is 2.30. The third kappa shape index (κ3) is 4.17. The Bertz CT molecular complexity index is 1420. The van der Waals surface area contributed by atoms with Gasteiger partial charge in [-0.25, -0.2) is 9.83 Å². The highest BCUT2D eigenvalue weighted by molar-refractivity contribution is 6.04. The van der Waals surface area contributed by atoms with Gasteiger partial charge in [-0.05, 0) is 11.1 Å². The third-order valence-electron chi connectivity index (χ3n) is 5.67. The molecular weight excluding hydrogens is 434 g/mol. The van der Waals surface area contributed by atoms with E-state index in [1.165, 1.54) is 24.1 Å². The molecule has 4 aromatic rings. The number of hydrogen-bond donors (Lipinski definition) is 2. The Morgan fingerprint density at radius 2 is 1.88 bits per heavy atom. The van der Waals surface area contributed by atoms with Crippen molar-refractivity contribution in [1.29, 1.82) is 0 Å². The van der Waals surface area contributed by atoms with Gasteiger partial charge in [0, 0.05) is 18.9 Å². The summed E-state index contributed by atoms with van der Waals surface area (Å²) in [6.45, 7) is 9.50. The second-order valence-electron chi connectivity index (χ2n) is 7.75. The van der Waals surface area contributed by atoms with Crippen LogP contribution in [0.25, 0.3) is 4.85 Å². The first-order valence-corrected chi connectivity index (χ1v) is 10.4. The molecule has 2 heterocycles. The molecule has 9 nitrogen and oxygen atoms in total. The molecule has 0 saturated heterocycles. The quantitative estimate of drug-likeness (QED) is 0.421. The summed E-state index contributed by atoms with van der Waals surface area (Å²) in [5.41, 5.74) is 1.28. The highest BCUT2D eigenvalue weighted by atomic mass is 16.5. The van der Waals surface area contributed by atoms with Crippen molar-refractivity contribution >= 4 is 17.3 Å². The van der Waals surface area contributed by atoms with Crippen LogP contribution in [0.2, 0.25) is 0 Å². The fourth-order valence-corrected chi connectivity index (χ4v) is 4.03. The summed E-state index contributed by atoms with van der Waals surface area (Å²) in [4.78, 5) is 33.7. The molecule has 0 unspecified atom stereocenters. The number of para-hydroxylation sites is 1. The summed E-state index contributed by atoms with van der Waals surface area (Å²) in [6.07, 6.45) is 2.50. The number of hydrogen-bond acceptors (Lipinski definition) is 6. The van der Waals surface area contributed by atoms with Crippen LogP contribution < -0.4 is 10.9 Å². The molecule has 0 bridgehead atoms. The Labute approximate surface area is 195 Å². The van der Waals surface area contributed by atoms with Crippen LogP contribution in [-0.4, -0.2) is 25.7 Å². The molecule has 170 valence electrons. The zero-order valence-electron chi connectivity index (χ0n) is 18.5. The van der Waals surface area contributed by atoms with Crippen molar-refractivity contribution in [3.05, 3.63) is 111 Å². The number of rotatable bonds is 6. The Morgan fingerprint density at radius 1 is 1.18 bits per heavy atom. The van der Waals surface area contributed by atoms with E-state index in [1.54, 1.807) is 12.1 Å². The topological polar surface area (TPSA) is 115 Å². The van der Waals surface area contributed by atoms with Crippen LogP contribution in [0.15, 0.2) is 76.4 Å². The molecule has 2 aromatic carbocycles. The number of nitrogens with zero attached hydrogens (tertiary/aromatic N) is 4. The van der Waals surface area contributed by atoms with Gasteiger partial charge in [0.25, 0.3) is 11.5 Å². The van der Waals surface area contributed by atoms with E-state index in [-0.39, 0.29) is 17.4 Å². The van der Waals surface area contributed by atoms with Gasteiger partial charge in [0.1, 0.15) is 17.8 Å². The van der Waals surface area contributed by atoms with E-state index in [0.717, 1.165) is 11.1 Å². The zero-order chi connectivity index (χ0) is 24.2. The van der Waals surface area contributed by atoms with Crippen LogP contribution in [0.5, 0.6) is 5.75 Å². The predicted octanol–water partition coefficient (Wildman–Crippen LogP) is 4.21. The Hall–Kier alpha value is -4.71. The molecule has 4 rings (SSSR count). The number of amides is 1. The maximum atomic E-state index is 12.9. The molecule has 0 radical (unpaired) electrons. The van der Waals surface area contributed by atoms with Crippen molar-refractivity contribution in [3.63, 3.8) is 0 Å². The average molecular weight is 455 g/mol. The fourth-order valence-electron chi connectivity index (χ4n) is 4.03. The Balaban J connectivity index is 1.86. The van der Waals surface area contributed by atoms with Gasteiger partial charge in [-0.1, -0.05) is 66.7 Å². The number of benzene rings is 2. The largest absolute Gasteiger partial charge is 0.501 e. The minimum atomic E-state index is -0.773. The first kappa shape index (κ1) is 22.5. The van der Waals surface area contributed by atoms with Gasteiger partial charge in [0.15, 0.2) is 11.4 Å². The molecule has 2 atom stereocenters. The minimum absolute atomic E-state index is 0.259. The summed E-state index contributed by atoms with van der Waals surface area (Å²) >= 11 is 0. The fraction of sp³-hybridized carbons (Fsp3) is 0.160. The first-order valence-electron chi connectivity index (χ1n) is 10.4. The minimum Gasteiger partial charge on any atom is -0.501 e. The summed E-state index contributed by atoms with van der Waals surface area (Å²) in [5, 5.41) is 16.4. The van der Waals surface area contributed by atoms with E-state index >= 15 is 0 Å². The lowest BCUT2D eigenvalue weighted by Gasteiger charge is -2.27. The van der Waals surface area contributed by atoms with E-state index in [9.17, 15) is 14.7 Å². The first-order chi connectivity index (χ1) is 16.4. The van der Waals surface area contributed by atoms with E-state index in [2.05, 4.69) is 20.3 Å². The van der Waals surface area contributed by atoms with Gasteiger partial charge in [0.2, 0.25) is 5.75 Å². The van der Waals surface area contributed by atoms with Crippen molar-refractivity contribution in [3.8, 4) is 5.75 Å². The molecule has 2 N–H and O–H groups in total. The van der Waals surface area contributed by atoms with Gasteiger partial charge in [-0.2, -0.15) is 0 Å². The third-order valence-corrected chi connectivity index (χ3v) is 5.67. The lowest BCUT2D eigenvalue weighted by molar-refractivity contribution is 0.101. The number of aromatic nitrogens is 3. The molecule has 0 fully saturated rings. The number of carbonyl (C=O) groups excluding carboxylic acids is 1. The number of nitrogens with one attached hydrogen (secondary N) is 1. The molecule has 0 aliphatic heterocycles. The predicted molar refractivity (Wildman–Crippen MR) is 125 cm³/mol. The Morgan fingerprint density at radius 3 is 2.56 bits per heavy atom. The van der Waals surface area contributed by atoms with Gasteiger partial charge < -0.3 is 14.9 Å². The van der Waals surface area contributed by atoms with Crippen LogP contribution in [0.4, 0.5) is 11.4 Å². The number of carbonyl (C=O) groups is 1. The van der Waals surface area contributed by atoms with Crippen molar-refractivity contribution < 1.29 is 14.4 Å². The SMILES string of the molecule is [C-]#[N+]c1ccccc1[C@H](c1ccccc1)[C@H](C)c1nc(C(=O)Nc2cnoc2)c(O)c(=O)n1C. The summed E-state index contributed by atoms with van der Waals surface area (Å²) in [6, 6.07) is 16.9. The van der Waals surface area contributed by atoms with Crippen LogP contribution in [0.1, 0.15) is 46.2 Å². The molecule has 0 spiro atoms. The summed E-state index contributed by atoms with van der Waals surface area (Å²) in [7, 11) is 1.49. The smallest absolute Gasteiger partial charge is 0.296 e. The van der Waals surface area contributed by atoms with Gasteiger partial charge in [-0.15, -0.1) is 0 Å². The zero-order valence-corrected chi connectivity index (χ0v) is 18.5. The van der Waals surface area contributed by atoms with E-state index in [4.69, 9.17) is 11.1 Å². The molecule has 1 amide bonds. The monoisotopic (exact) mass is 455 g/mol. The second kappa shape index (κ2) is 9.42. The standard InChI is InChI=1S/C25H21N5O4/c1-15(20(16-9-5-4-6-10-16)18-11-7-8-12-19(18)26-2)23-29-21(22(31)25(33)30(23)3)24(32)28-17-13-27-34-14-17/h4-15,20,31H,1,3H3,(H,28,32)/t15-,20-/m0/s1. The van der Waals surface area contributed by atoms with Crippen molar-refractivity contribution in [1.82, 2.24) is 14.7 Å². The van der Waals surface area contributed by atoms with Crippen LogP contribution in [0.3, 0.4) is 0 Å². The van der Waals surface area contributed by atoms with Crippen molar-refractivity contribution in [2.75, 3.05) is 5.32 Å².